The number of rotatable bonds is 13. The molecule has 0 bridgehead atoms. The fourth-order valence-electron chi connectivity index (χ4n) is 5.17. The molecule has 1 saturated heterocycles. The molecule has 2 aromatic heterocycles. The summed E-state index contributed by atoms with van der Waals surface area (Å²) < 4.78 is 20.9. The monoisotopic (exact) mass is 652 g/mol. The Labute approximate surface area is 271 Å². The zero-order valence-corrected chi connectivity index (χ0v) is 26.5. The molecular formula is C33H35Cl2FN6O3. The van der Waals surface area contributed by atoms with E-state index in [0.717, 1.165) is 12.0 Å². The minimum absolute atomic E-state index is 0.0856. The van der Waals surface area contributed by atoms with Crippen molar-refractivity contribution in [3.63, 3.8) is 0 Å². The highest BCUT2D eigenvalue weighted by atomic mass is 35.5. The van der Waals surface area contributed by atoms with E-state index in [-0.39, 0.29) is 35.0 Å². The highest BCUT2D eigenvalue weighted by molar-refractivity contribution is 6.39. The number of nitrogens with one attached hydrogen (secondary N) is 4. The van der Waals surface area contributed by atoms with Gasteiger partial charge in [-0.2, -0.15) is 0 Å². The maximum atomic E-state index is 15.3. The Hall–Kier alpha value is -3.80. The topological polar surface area (TPSA) is 120 Å². The molecule has 1 aliphatic rings. The van der Waals surface area contributed by atoms with Crippen LogP contribution in [0.15, 0.2) is 60.8 Å². The van der Waals surface area contributed by atoms with Crippen molar-refractivity contribution in [2.45, 2.75) is 45.0 Å². The second-order valence-corrected chi connectivity index (χ2v) is 11.6. The third-order valence-electron chi connectivity index (χ3n) is 7.46. The fraction of sp³-hybridized carbons (Fsp3) is 0.303. The van der Waals surface area contributed by atoms with Crippen LogP contribution in [0.4, 0.5) is 15.9 Å². The van der Waals surface area contributed by atoms with Gasteiger partial charge in [0, 0.05) is 72.7 Å². The summed E-state index contributed by atoms with van der Waals surface area (Å²) in [5.74, 6) is 0.387. The highest BCUT2D eigenvalue weighted by Crippen LogP contribution is 2.41. The molecule has 0 spiro atoms. The van der Waals surface area contributed by atoms with E-state index in [0.29, 0.717) is 64.9 Å². The number of hydrogen-bond donors (Lipinski definition) is 5. The number of aliphatic hydroxyl groups is 1. The van der Waals surface area contributed by atoms with Gasteiger partial charge >= 0.3 is 0 Å². The van der Waals surface area contributed by atoms with Crippen LogP contribution in [0.5, 0.6) is 5.88 Å². The van der Waals surface area contributed by atoms with E-state index in [2.05, 4.69) is 26.3 Å². The Morgan fingerprint density at radius 3 is 2.53 bits per heavy atom. The van der Waals surface area contributed by atoms with Crippen LogP contribution in [-0.4, -0.2) is 53.3 Å². The van der Waals surface area contributed by atoms with Crippen LogP contribution in [0, 0.1) is 5.82 Å². The Balaban J connectivity index is 1.36. The van der Waals surface area contributed by atoms with Crippen molar-refractivity contribution < 1.29 is 19.0 Å². The van der Waals surface area contributed by atoms with Crippen molar-refractivity contribution in [2.24, 2.45) is 0 Å². The Bertz CT molecular complexity index is 1670. The molecule has 0 radical (unpaired) electrons. The van der Waals surface area contributed by atoms with Gasteiger partial charge in [-0.15, -0.1) is 0 Å². The molecule has 2 atom stereocenters. The number of carbonyl (C=O) groups excluding carboxylic acids is 1. The van der Waals surface area contributed by atoms with Crippen LogP contribution < -0.4 is 26.0 Å². The Kier molecular flexibility index (Phi) is 10.9. The molecule has 5 rings (SSSR count). The molecule has 0 unspecified atom stereocenters. The molecule has 0 saturated carbocycles. The van der Waals surface area contributed by atoms with Gasteiger partial charge in [-0.25, -0.2) is 14.4 Å². The van der Waals surface area contributed by atoms with Crippen LogP contribution in [-0.2, 0) is 17.9 Å². The Morgan fingerprint density at radius 2 is 1.78 bits per heavy atom. The quantitative estimate of drug-likeness (QED) is 0.122. The summed E-state index contributed by atoms with van der Waals surface area (Å²) in [5.41, 5.74) is 4.12. The number of anilines is 2. The summed E-state index contributed by atoms with van der Waals surface area (Å²) >= 11 is 13.8. The lowest BCUT2D eigenvalue weighted by atomic mass is 10.0. The highest BCUT2D eigenvalue weighted by Gasteiger charge is 2.21. The number of aliphatic hydroxyl groups excluding tert-OH is 1. The summed E-state index contributed by atoms with van der Waals surface area (Å²) in [6.45, 7) is 3.45. The van der Waals surface area contributed by atoms with Crippen molar-refractivity contribution in [3.8, 4) is 28.3 Å². The number of benzene rings is 2. The second kappa shape index (κ2) is 15.0. The molecule has 3 heterocycles. The van der Waals surface area contributed by atoms with Crippen LogP contribution in [0.25, 0.3) is 22.4 Å². The first-order valence-corrected chi connectivity index (χ1v) is 15.4. The van der Waals surface area contributed by atoms with Gasteiger partial charge in [-0.3, -0.25) is 4.79 Å². The predicted octanol–water partition coefficient (Wildman–Crippen LogP) is 5.85. The number of hydrogen-bond acceptors (Lipinski definition) is 8. The van der Waals surface area contributed by atoms with Gasteiger partial charge in [-0.05, 0) is 31.5 Å². The van der Waals surface area contributed by atoms with Gasteiger partial charge in [0.2, 0.25) is 11.8 Å². The van der Waals surface area contributed by atoms with Crippen LogP contribution >= 0.6 is 23.2 Å². The largest absolute Gasteiger partial charge is 0.481 e. The molecule has 1 amide bonds. The maximum absolute atomic E-state index is 15.3. The minimum Gasteiger partial charge on any atom is -0.481 e. The molecule has 5 N–H and O–H groups in total. The van der Waals surface area contributed by atoms with Crippen LogP contribution in [0.1, 0.15) is 30.9 Å². The fourth-order valence-corrected chi connectivity index (χ4v) is 5.76. The molecular weight excluding hydrogens is 618 g/mol. The predicted molar refractivity (Wildman–Crippen MR) is 175 cm³/mol. The molecule has 2 aromatic carbocycles. The van der Waals surface area contributed by atoms with Gasteiger partial charge in [0.15, 0.2) is 5.82 Å². The number of aromatic nitrogens is 2. The molecule has 0 aliphatic carbocycles. The number of ether oxygens (including phenoxy) is 1. The van der Waals surface area contributed by atoms with E-state index >= 15 is 4.39 Å². The number of amides is 1. The van der Waals surface area contributed by atoms with E-state index < -0.39 is 11.9 Å². The smallest absolute Gasteiger partial charge is 0.220 e. The van der Waals surface area contributed by atoms with Gasteiger partial charge in [0.1, 0.15) is 5.82 Å². The van der Waals surface area contributed by atoms with Gasteiger partial charge in [0.05, 0.1) is 34.6 Å². The summed E-state index contributed by atoms with van der Waals surface area (Å²) in [6, 6.07) is 16.3. The van der Waals surface area contributed by atoms with Crippen molar-refractivity contribution in [3.05, 3.63) is 87.8 Å². The summed E-state index contributed by atoms with van der Waals surface area (Å²) in [5, 5.41) is 22.6. The zero-order valence-electron chi connectivity index (χ0n) is 25.0. The molecule has 45 heavy (non-hydrogen) atoms. The number of carbonyl (C=O) groups is 1. The third-order valence-corrected chi connectivity index (χ3v) is 8.25. The summed E-state index contributed by atoms with van der Waals surface area (Å²) in [6.07, 6.45) is 2.42. The molecule has 9 nitrogen and oxygen atoms in total. The van der Waals surface area contributed by atoms with E-state index in [9.17, 15) is 9.90 Å². The number of pyridine rings is 2. The number of nitrogens with zero attached hydrogens (tertiary/aromatic N) is 2. The zero-order chi connectivity index (χ0) is 31.9. The van der Waals surface area contributed by atoms with Gasteiger partial charge in [0.25, 0.3) is 0 Å². The molecule has 1 aliphatic heterocycles. The molecule has 236 valence electrons. The van der Waals surface area contributed by atoms with E-state index in [1.165, 1.54) is 0 Å². The van der Waals surface area contributed by atoms with Crippen molar-refractivity contribution in [1.29, 1.82) is 0 Å². The third kappa shape index (κ3) is 7.89. The van der Waals surface area contributed by atoms with Crippen molar-refractivity contribution in [1.82, 2.24) is 25.9 Å². The van der Waals surface area contributed by atoms with Crippen molar-refractivity contribution >= 4 is 40.6 Å². The molecule has 12 heteroatoms. The lowest BCUT2D eigenvalue weighted by Crippen LogP contribution is -2.35. The first-order chi connectivity index (χ1) is 21.7. The summed E-state index contributed by atoms with van der Waals surface area (Å²) in [4.78, 5) is 20.5. The molecule has 1 fully saturated rings. The second-order valence-electron chi connectivity index (χ2n) is 10.9. The average Bonchev–Trinajstić information content (AvgIpc) is 3.45. The van der Waals surface area contributed by atoms with Gasteiger partial charge < -0.3 is 31.1 Å². The molecule has 4 aromatic rings. The van der Waals surface area contributed by atoms with Crippen LogP contribution in [0.2, 0.25) is 10.0 Å². The SMILES string of the molecule is COc1nc(-c2cccc(-c3ccnc(Nc4cccc(CNC[C@H](C)O)c4F)c3Cl)c2Cl)ccc1CNC[C@H]1CCC(=O)N1. The lowest BCUT2D eigenvalue weighted by molar-refractivity contribution is -0.119. The first-order valence-electron chi connectivity index (χ1n) is 14.7. The van der Waals surface area contributed by atoms with Crippen molar-refractivity contribution in [2.75, 3.05) is 25.5 Å². The minimum atomic E-state index is -0.538. The standard InChI is InChI=1S/C33H35Cl2FN6O3/c1-19(43)15-37-16-20-5-3-8-27(31(20)36)41-32-30(35)24(13-14-39-32)23-6-4-7-25(29(23)34)26-11-9-21(33(42-26)45-2)17-38-18-22-10-12-28(44)40-22/h3-9,11,13-14,19,22,37-38,43H,10,12,15-18H2,1-2H3,(H,39,41)(H,40,44)/t19-,22+/m0/s1. The van der Waals surface area contributed by atoms with E-state index in [1.807, 2.05) is 30.3 Å². The number of halogens is 3. The number of methoxy groups -OCH3 is 1. The van der Waals surface area contributed by atoms with E-state index in [4.69, 9.17) is 32.9 Å². The lowest BCUT2D eigenvalue weighted by Gasteiger charge is -2.16. The Morgan fingerprint density at radius 1 is 1.02 bits per heavy atom. The summed E-state index contributed by atoms with van der Waals surface area (Å²) in [7, 11) is 1.57. The normalized spacial score (nSPS) is 15.2. The maximum Gasteiger partial charge on any atom is 0.220 e. The van der Waals surface area contributed by atoms with Gasteiger partial charge in [-0.1, -0.05) is 59.6 Å². The average molecular weight is 654 g/mol. The van der Waals surface area contributed by atoms with E-state index in [1.54, 1.807) is 44.5 Å². The first kappa shape index (κ1) is 32.6. The van der Waals surface area contributed by atoms with Crippen LogP contribution in [0.3, 0.4) is 0 Å².